The van der Waals surface area contributed by atoms with Gasteiger partial charge in [0.1, 0.15) is 5.82 Å². The highest BCUT2D eigenvalue weighted by Gasteiger charge is 2.40. The van der Waals surface area contributed by atoms with Gasteiger partial charge in [0.25, 0.3) is 17.7 Å². The van der Waals surface area contributed by atoms with Crippen LogP contribution in [-0.4, -0.2) is 67.5 Å². The van der Waals surface area contributed by atoms with E-state index in [2.05, 4.69) is 5.32 Å². The SMILES string of the molecule is O=C(N[C@H](C(=O)N1CCN(C(=O)c2ccc(F)cc2)CC1)S(=O)(=O)c1ccc(Cl)cc1)c1ccco1. The van der Waals surface area contributed by atoms with Crippen molar-refractivity contribution in [1.29, 1.82) is 0 Å². The van der Waals surface area contributed by atoms with Gasteiger partial charge in [0, 0.05) is 36.8 Å². The molecule has 1 N–H and O–H groups in total. The van der Waals surface area contributed by atoms with E-state index < -0.39 is 32.8 Å². The predicted molar refractivity (Wildman–Crippen MR) is 127 cm³/mol. The zero-order chi connectivity index (χ0) is 25.9. The summed E-state index contributed by atoms with van der Waals surface area (Å²) in [4.78, 5) is 41.3. The van der Waals surface area contributed by atoms with E-state index in [0.29, 0.717) is 10.6 Å². The van der Waals surface area contributed by atoms with Crippen molar-refractivity contribution >= 4 is 39.2 Å². The summed E-state index contributed by atoms with van der Waals surface area (Å²) in [6.45, 7) is 0.327. The molecule has 3 aromatic rings. The van der Waals surface area contributed by atoms with E-state index in [1.807, 2.05) is 0 Å². The molecule has 0 radical (unpaired) electrons. The van der Waals surface area contributed by atoms with E-state index in [1.165, 1.54) is 76.7 Å². The molecule has 0 spiro atoms. The van der Waals surface area contributed by atoms with Crippen LogP contribution in [0, 0.1) is 5.82 Å². The first-order chi connectivity index (χ1) is 17.2. The molecule has 4 rings (SSSR count). The van der Waals surface area contributed by atoms with Gasteiger partial charge in [-0.1, -0.05) is 11.6 Å². The number of nitrogens with zero attached hydrogens (tertiary/aromatic N) is 2. The van der Waals surface area contributed by atoms with Crippen LogP contribution >= 0.6 is 11.6 Å². The fourth-order valence-electron chi connectivity index (χ4n) is 3.70. The van der Waals surface area contributed by atoms with Crippen LogP contribution in [0.4, 0.5) is 4.39 Å². The Labute approximate surface area is 211 Å². The Balaban J connectivity index is 1.53. The molecule has 3 amide bonds. The fourth-order valence-corrected chi connectivity index (χ4v) is 5.29. The van der Waals surface area contributed by atoms with Crippen LogP contribution in [-0.2, 0) is 14.6 Å². The number of sulfone groups is 1. The van der Waals surface area contributed by atoms with Crippen LogP contribution in [0.5, 0.6) is 0 Å². The number of carbonyl (C=O) groups is 3. The number of nitrogens with one attached hydrogen (secondary N) is 1. The third-order valence-electron chi connectivity index (χ3n) is 5.65. The molecular weight excluding hydrogens is 513 g/mol. The van der Waals surface area contributed by atoms with Crippen LogP contribution in [0.2, 0.25) is 5.02 Å². The van der Waals surface area contributed by atoms with Gasteiger partial charge >= 0.3 is 0 Å². The number of amides is 3. The maximum atomic E-state index is 13.4. The van der Waals surface area contributed by atoms with Crippen LogP contribution in [0.25, 0.3) is 0 Å². The number of piperazine rings is 1. The van der Waals surface area contributed by atoms with Crippen LogP contribution in [0.15, 0.2) is 76.2 Å². The zero-order valence-corrected chi connectivity index (χ0v) is 20.3. The van der Waals surface area contributed by atoms with Crippen molar-refractivity contribution in [3.05, 3.63) is 89.1 Å². The number of rotatable bonds is 6. The summed E-state index contributed by atoms with van der Waals surface area (Å²) in [5.41, 5.74) is 0.296. The van der Waals surface area contributed by atoms with Crippen molar-refractivity contribution < 1.29 is 31.6 Å². The Morgan fingerprint density at radius 2 is 1.53 bits per heavy atom. The lowest BCUT2D eigenvalue weighted by atomic mass is 10.1. The summed E-state index contributed by atoms with van der Waals surface area (Å²) in [6.07, 6.45) is 1.25. The van der Waals surface area contributed by atoms with Gasteiger partial charge in [-0.05, 0) is 60.7 Å². The first-order valence-electron chi connectivity index (χ1n) is 10.8. The highest BCUT2D eigenvalue weighted by Crippen LogP contribution is 2.21. The van der Waals surface area contributed by atoms with E-state index in [4.69, 9.17) is 16.0 Å². The van der Waals surface area contributed by atoms with E-state index >= 15 is 0 Å². The Bertz CT molecular complexity index is 1350. The Morgan fingerprint density at radius 3 is 2.11 bits per heavy atom. The summed E-state index contributed by atoms with van der Waals surface area (Å²) in [5.74, 6) is -2.68. The highest BCUT2D eigenvalue weighted by atomic mass is 35.5. The van der Waals surface area contributed by atoms with Crippen LogP contribution in [0.3, 0.4) is 0 Å². The molecule has 9 nitrogen and oxygen atoms in total. The number of benzene rings is 2. The predicted octanol–water partition coefficient (Wildman–Crippen LogP) is 2.59. The Morgan fingerprint density at radius 1 is 0.917 bits per heavy atom. The monoisotopic (exact) mass is 533 g/mol. The van der Waals surface area contributed by atoms with Crippen molar-refractivity contribution in [3.63, 3.8) is 0 Å². The third-order valence-corrected chi connectivity index (χ3v) is 7.77. The largest absolute Gasteiger partial charge is 0.459 e. The normalized spacial score (nSPS) is 14.8. The lowest BCUT2D eigenvalue weighted by Crippen LogP contribution is -2.57. The van der Waals surface area contributed by atoms with Crippen molar-refractivity contribution in [2.24, 2.45) is 0 Å². The molecule has 1 fully saturated rings. The van der Waals surface area contributed by atoms with Crippen molar-refractivity contribution in [2.75, 3.05) is 26.2 Å². The van der Waals surface area contributed by atoms with Gasteiger partial charge in [-0.2, -0.15) is 0 Å². The summed E-state index contributed by atoms with van der Waals surface area (Å²) in [6, 6.07) is 13.1. The van der Waals surface area contributed by atoms with Gasteiger partial charge in [0.05, 0.1) is 11.2 Å². The first-order valence-corrected chi connectivity index (χ1v) is 12.8. The number of hydrogen-bond donors (Lipinski definition) is 1. The lowest BCUT2D eigenvalue weighted by Gasteiger charge is -2.36. The maximum absolute atomic E-state index is 13.4. The fraction of sp³-hybridized carbons (Fsp3) is 0.208. The molecule has 1 atom stereocenters. The average molecular weight is 534 g/mol. The smallest absolute Gasteiger partial charge is 0.288 e. The molecule has 1 saturated heterocycles. The molecule has 188 valence electrons. The van der Waals surface area contributed by atoms with Crippen molar-refractivity contribution in [1.82, 2.24) is 15.1 Å². The molecule has 1 aliphatic rings. The zero-order valence-electron chi connectivity index (χ0n) is 18.8. The molecule has 36 heavy (non-hydrogen) atoms. The molecule has 1 aromatic heterocycles. The molecule has 2 aromatic carbocycles. The topological polar surface area (TPSA) is 117 Å². The Kier molecular flexibility index (Phi) is 7.41. The summed E-state index contributed by atoms with van der Waals surface area (Å²) < 4.78 is 45.0. The van der Waals surface area contributed by atoms with Gasteiger partial charge in [-0.15, -0.1) is 0 Å². The summed E-state index contributed by atoms with van der Waals surface area (Å²) in [7, 11) is -4.37. The highest BCUT2D eigenvalue weighted by molar-refractivity contribution is 7.92. The number of furan rings is 1. The van der Waals surface area contributed by atoms with Gasteiger partial charge in [-0.3, -0.25) is 14.4 Å². The lowest BCUT2D eigenvalue weighted by molar-refractivity contribution is -0.132. The average Bonchev–Trinajstić information content (AvgIpc) is 3.42. The molecule has 2 heterocycles. The minimum Gasteiger partial charge on any atom is -0.459 e. The van der Waals surface area contributed by atoms with E-state index in [-0.39, 0.29) is 42.7 Å². The molecule has 0 unspecified atom stereocenters. The van der Waals surface area contributed by atoms with Crippen LogP contribution in [0.1, 0.15) is 20.9 Å². The molecule has 0 saturated carbocycles. The van der Waals surface area contributed by atoms with Crippen molar-refractivity contribution in [3.8, 4) is 0 Å². The first kappa shape index (κ1) is 25.4. The molecular formula is C24H21ClFN3O6S. The van der Waals surface area contributed by atoms with E-state index in [9.17, 15) is 27.2 Å². The second-order valence-electron chi connectivity index (χ2n) is 7.95. The minimum atomic E-state index is -4.37. The molecule has 0 bridgehead atoms. The quantitative estimate of drug-likeness (QED) is 0.520. The van der Waals surface area contributed by atoms with Gasteiger partial charge in [0.15, 0.2) is 5.76 Å². The summed E-state index contributed by atoms with van der Waals surface area (Å²) in [5, 5.41) is 0.644. The van der Waals surface area contributed by atoms with E-state index in [0.717, 1.165) is 0 Å². The Hall–Kier alpha value is -3.70. The number of halogens is 2. The number of hydrogen-bond acceptors (Lipinski definition) is 6. The molecule has 12 heteroatoms. The van der Waals surface area contributed by atoms with Gasteiger partial charge < -0.3 is 19.5 Å². The number of carbonyl (C=O) groups excluding carboxylic acids is 3. The van der Waals surface area contributed by atoms with Crippen LogP contribution < -0.4 is 5.32 Å². The maximum Gasteiger partial charge on any atom is 0.288 e. The van der Waals surface area contributed by atoms with Gasteiger partial charge in [0.2, 0.25) is 15.2 Å². The molecule has 0 aliphatic carbocycles. The van der Waals surface area contributed by atoms with E-state index in [1.54, 1.807) is 0 Å². The second kappa shape index (κ2) is 10.5. The second-order valence-corrected chi connectivity index (χ2v) is 10.4. The molecule has 1 aliphatic heterocycles. The van der Waals surface area contributed by atoms with Gasteiger partial charge in [-0.25, -0.2) is 12.8 Å². The minimum absolute atomic E-state index is 0.0367. The third kappa shape index (κ3) is 5.42. The summed E-state index contributed by atoms with van der Waals surface area (Å²) >= 11 is 5.87. The standard InChI is InChI=1S/C24H21ClFN3O6S/c25-17-5-9-19(10-6-17)36(33,34)22(27-21(30)20-2-1-15-35-20)24(32)29-13-11-28(12-14-29)23(31)16-3-7-18(26)8-4-16/h1-10,15,22H,11-14H2,(H,27,30)/t22-/m0/s1. The van der Waals surface area contributed by atoms with Crippen molar-refractivity contribution in [2.45, 2.75) is 10.3 Å².